The molecule has 3 fully saturated rings. The minimum atomic E-state index is 0.482. The molecule has 2 saturated carbocycles. The number of aryl methyl sites for hydroxylation is 1. The largest absolute Gasteiger partial charge is 0.357 e. The Morgan fingerprint density at radius 2 is 2.11 bits per heavy atom. The van der Waals surface area contributed by atoms with E-state index in [1.54, 1.807) is 11.3 Å². The molecule has 1 aliphatic heterocycles. The van der Waals surface area contributed by atoms with Crippen LogP contribution < -0.4 is 16.2 Å². The number of hydrogen-bond acceptors (Lipinski definition) is 7. The van der Waals surface area contributed by atoms with Gasteiger partial charge in [-0.1, -0.05) is 17.4 Å². The van der Waals surface area contributed by atoms with E-state index in [1.807, 2.05) is 0 Å². The smallest absolute Gasteiger partial charge is 0.206 e. The number of imidazole rings is 1. The molecule has 3 N–H and O–H groups in total. The van der Waals surface area contributed by atoms with Crippen molar-refractivity contribution in [3.63, 3.8) is 0 Å². The Labute approximate surface area is 167 Å². The second-order valence-corrected chi connectivity index (χ2v) is 9.41. The van der Waals surface area contributed by atoms with Gasteiger partial charge in [-0.2, -0.15) is 0 Å². The molecule has 1 saturated heterocycles. The lowest BCUT2D eigenvalue weighted by atomic mass is 9.83. The van der Waals surface area contributed by atoms with Gasteiger partial charge in [0.05, 0.1) is 11.0 Å². The van der Waals surface area contributed by atoms with E-state index in [0.717, 1.165) is 27.8 Å². The number of anilines is 1. The molecule has 3 aromatic rings. The van der Waals surface area contributed by atoms with Gasteiger partial charge in [0.2, 0.25) is 5.13 Å². The van der Waals surface area contributed by atoms with Gasteiger partial charge in [0, 0.05) is 37.2 Å². The second-order valence-electron chi connectivity index (χ2n) is 8.44. The molecule has 2 aromatic heterocycles. The van der Waals surface area contributed by atoms with Crippen LogP contribution in [0, 0.1) is 5.92 Å². The van der Waals surface area contributed by atoms with E-state index in [9.17, 15) is 0 Å². The molecule has 0 spiro atoms. The Morgan fingerprint density at radius 3 is 3.00 bits per heavy atom. The van der Waals surface area contributed by atoms with Gasteiger partial charge in [-0.15, -0.1) is 10.2 Å². The molecule has 1 aromatic carbocycles. The summed E-state index contributed by atoms with van der Waals surface area (Å²) in [5.74, 6) is 2.55. The number of rotatable bonds is 4. The molecule has 146 valence electrons. The maximum absolute atomic E-state index is 4.98. The first-order chi connectivity index (χ1) is 13.8. The van der Waals surface area contributed by atoms with Crippen molar-refractivity contribution >= 4 is 27.5 Å². The van der Waals surface area contributed by atoms with Gasteiger partial charge < -0.3 is 9.88 Å². The molecular formula is C20H25N7S. The van der Waals surface area contributed by atoms with Crippen molar-refractivity contribution < 1.29 is 0 Å². The molecule has 6 rings (SSSR count). The van der Waals surface area contributed by atoms with E-state index in [0.29, 0.717) is 23.9 Å². The monoisotopic (exact) mass is 395 g/mol. The van der Waals surface area contributed by atoms with Crippen molar-refractivity contribution in [2.45, 2.75) is 50.1 Å². The molecule has 28 heavy (non-hydrogen) atoms. The number of para-hydroxylation sites is 1. The van der Waals surface area contributed by atoms with Gasteiger partial charge in [-0.25, -0.2) is 4.98 Å². The maximum Gasteiger partial charge on any atom is 0.206 e. The normalized spacial score (nSPS) is 27.2. The van der Waals surface area contributed by atoms with Gasteiger partial charge in [-0.05, 0) is 50.2 Å². The van der Waals surface area contributed by atoms with Crippen LogP contribution in [-0.4, -0.2) is 38.4 Å². The summed E-state index contributed by atoms with van der Waals surface area (Å²) in [6.45, 7) is 1.06. The lowest BCUT2D eigenvalue weighted by molar-refractivity contribution is 0.314. The quantitative estimate of drug-likeness (QED) is 0.630. The molecule has 7 nitrogen and oxygen atoms in total. The SMILES string of the molecule is Cn1c(C2CC2)nc2c(-c3nnc(NC4CCC5NNCC5C4)s3)cccc21. The number of fused-ring (bicyclic) bond motifs is 2. The van der Waals surface area contributed by atoms with Crippen LogP contribution >= 0.6 is 11.3 Å². The average molecular weight is 396 g/mol. The standard InChI is InChI=1S/C20H25N7S/c1-27-16-4-2-3-14(17(16)23-18(27)11-5-6-11)19-25-26-20(28-19)22-13-7-8-15-12(9-13)10-21-24-15/h2-4,11-13,15,21,24H,5-10H2,1H3,(H,22,26). The highest BCUT2D eigenvalue weighted by Gasteiger charge is 2.34. The zero-order valence-corrected chi connectivity index (χ0v) is 16.8. The zero-order valence-electron chi connectivity index (χ0n) is 16.0. The average Bonchev–Trinajstić information content (AvgIpc) is 3.11. The first-order valence-corrected chi connectivity index (χ1v) is 11.1. The number of hydrogen-bond donors (Lipinski definition) is 3. The van der Waals surface area contributed by atoms with Gasteiger partial charge in [0.25, 0.3) is 0 Å². The van der Waals surface area contributed by atoms with Crippen molar-refractivity contribution in [2.24, 2.45) is 13.0 Å². The van der Waals surface area contributed by atoms with Gasteiger partial charge in [-0.3, -0.25) is 10.9 Å². The summed E-state index contributed by atoms with van der Waals surface area (Å²) in [5, 5.41) is 14.5. The lowest BCUT2D eigenvalue weighted by Gasteiger charge is -2.30. The van der Waals surface area contributed by atoms with E-state index in [2.05, 4.69) is 56.2 Å². The fourth-order valence-electron chi connectivity index (χ4n) is 4.81. The fraction of sp³-hybridized carbons (Fsp3) is 0.550. The van der Waals surface area contributed by atoms with Crippen molar-refractivity contribution in [3.05, 3.63) is 24.0 Å². The molecule has 0 bridgehead atoms. The number of aromatic nitrogens is 4. The Balaban J connectivity index is 1.26. The van der Waals surface area contributed by atoms with E-state index in [-0.39, 0.29) is 0 Å². The number of nitrogens with zero attached hydrogens (tertiary/aromatic N) is 4. The van der Waals surface area contributed by atoms with Crippen LogP contribution in [0.2, 0.25) is 0 Å². The molecular weight excluding hydrogens is 370 g/mol. The summed E-state index contributed by atoms with van der Waals surface area (Å²) in [5.41, 5.74) is 10.0. The van der Waals surface area contributed by atoms with Crippen LogP contribution in [0.4, 0.5) is 5.13 Å². The maximum atomic E-state index is 4.98. The van der Waals surface area contributed by atoms with Crippen LogP contribution in [0.1, 0.15) is 43.8 Å². The van der Waals surface area contributed by atoms with Crippen LogP contribution in [0.5, 0.6) is 0 Å². The topological polar surface area (TPSA) is 79.7 Å². The van der Waals surface area contributed by atoms with Crippen LogP contribution in [0.3, 0.4) is 0 Å². The summed E-state index contributed by atoms with van der Waals surface area (Å²) in [4.78, 5) is 4.98. The third-order valence-electron chi connectivity index (χ3n) is 6.51. The van der Waals surface area contributed by atoms with Crippen molar-refractivity contribution in [1.29, 1.82) is 0 Å². The predicted molar refractivity (Wildman–Crippen MR) is 111 cm³/mol. The first kappa shape index (κ1) is 16.9. The van der Waals surface area contributed by atoms with Gasteiger partial charge in [0.1, 0.15) is 5.82 Å². The fourth-order valence-corrected chi connectivity index (χ4v) is 5.66. The Morgan fingerprint density at radius 1 is 1.18 bits per heavy atom. The van der Waals surface area contributed by atoms with E-state index in [1.165, 1.54) is 43.4 Å². The van der Waals surface area contributed by atoms with E-state index < -0.39 is 0 Å². The third-order valence-corrected chi connectivity index (χ3v) is 7.39. The summed E-state index contributed by atoms with van der Waals surface area (Å²) in [6.07, 6.45) is 6.07. The molecule has 3 atom stereocenters. The minimum absolute atomic E-state index is 0.482. The summed E-state index contributed by atoms with van der Waals surface area (Å²) < 4.78 is 2.25. The molecule has 8 heteroatoms. The number of benzene rings is 1. The summed E-state index contributed by atoms with van der Waals surface area (Å²) in [7, 11) is 2.13. The number of nitrogens with one attached hydrogen (secondary N) is 3. The van der Waals surface area contributed by atoms with Crippen LogP contribution in [-0.2, 0) is 7.05 Å². The third kappa shape index (κ3) is 2.82. The Kier molecular flexibility index (Phi) is 3.92. The molecule has 0 amide bonds. The summed E-state index contributed by atoms with van der Waals surface area (Å²) >= 11 is 1.65. The van der Waals surface area contributed by atoms with Gasteiger partial charge >= 0.3 is 0 Å². The lowest BCUT2D eigenvalue weighted by Crippen LogP contribution is -2.39. The highest BCUT2D eigenvalue weighted by molar-refractivity contribution is 7.18. The molecule has 2 aliphatic carbocycles. The van der Waals surface area contributed by atoms with Gasteiger partial charge in [0.15, 0.2) is 5.01 Å². The first-order valence-electron chi connectivity index (χ1n) is 10.3. The Bertz CT molecular complexity index is 1020. The highest BCUT2D eigenvalue weighted by Crippen LogP contribution is 2.42. The zero-order chi connectivity index (χ0) is 18.7. The van der Waals surface area contributed by atoms with E-state index in [4.69, 9.17) is 4.98 Å². The highest BCUT2D eigenvalue weighted by atomic mass is 32.1. The minimum Gasteiger partial charge on any atom is -0.357 e. The predicted octanol–water partition coefficient (Wildman–Crippen LogP) is 3.03. The summed E-state index contributed by atoms with van der Waals surface area (Å²) in [6, 6.07) is 7.49. The Hall–Kier alpha value is -2.03. The van der Waals surface area contributed by atoms with Crippen molar-refractivity contribution in [1.82, 2.24) is 30.6 Å². The van der Waals surface area contributed by atoms with Crippen molar-refractivity contribution in [3.8, 4) is 10.6 Å². The molecule has 3 heterocycles. The van der Waals surface area contributed by atoms with Crippen molar-refractivity contribution in [2.75, 3.05) is 11.9 Å². The second kappa shape index (κ2) is 6.50. The molecule has 3 unspecified atom stereocenters. The molecule has 0 radical (unpaired) electrons. The van der Waals surface area contributed by atoms with Crippen LogP contribution in [0.15, 0.2) is 18.2 Å². The molecule has 3 aliphatic rings. The van der Waals surface area contributed by atoms with Crippen LogP contribution in [0.25, 0.3) is 21.6 Å². The number of hydrazine groups is 1. The van der Waals surface area contributed by atoms with E-state index >= 15 is 0 Å².